The molecule has 0 aliphatic rings. The molecular formula is C13H19BrN2O2. The monoisotopic (exact) mass is 314 g/mol. The third kappa shape index (κ3) is 3.99. The van der Waals surface area contributed by atoms with Crippen LogP contribution in [-0.4, -0.2) is 19.1 Å². The molecule has 0 bridgehead atoms. The van der Waals surface area contributed by atoms with Crippen molar-refractivity contribution in [3.8, 4) is 5.75 Å². The summed E-state index contributed by atoms with van der Waals surface area (Å²) >= 11 is 3.48. The van der Waals surface area contributed by atoms with Gasteiger partial charge in [0.15, 0.2) is 0 Å². The van der Waals surface area contributed by atoms with Gasteiger partial charge in [0.2, 0.25) is 5.91 Å². The molecule has 1 aromatic carbocycles. The van der Waals surface area contributed by atoms with Crippen LogP contribution < -0.4 is 15.8 Å². The highest BCUT2D eigenvalue weighted by atomic mass is 79.9. The average Bonchev–Trinajstić information content (AvgIpc) is 2.30. The van der Waals surface area contributed by atoms with Gasteiger partial charge in [-0.25, -0.2) is 0 Å². The molecule has 0 heterocycles. The van der Waals surface area contributed by atoms with Crippen LogP contribution in [0.4, 0.5) is 0 Å². The zero-order valence-corrected chi connectivity index (χ0v) is 12.5. The minimum Gasteiger partial charge on any atom is -0.497 e. The van der Waals surface area contributed by atoms with Gasteiger partial charge in [-0.3, -0.25) is 4.79 Å². The number of rotatable bonds is 6. The number of primary amides is 1. The Kier molecular flexibility index (Phi) is 5.62. The van der Waals surface area contributed by atoms with Crippen LogP contribution in [0.2, 0.25) is 0 Å². The van der Waals surface area contributed by atoms with Crippen molar-refractivity contribution in [1.82, 2.24) is 5.32 Å². The molecule has 0 aliphatic heterocycles. The molecule has 0 spiro atoms. The topological polar surface area (TPSA) is 64.3 Å². The molecule has 0 fully saturated rings. The summed E-state index contributed by atoms with van der Waals surface area (Å²) in [4.78, 5) is 11.3. The lowest BCUT2D eigenvalue weighted by Gasteiger charge is -2.19. The first kappa shape index (κ1) is 15.0. The second-order valence-electron chi connectivity index (χ2n) is 4.46. The second-order valence-corrected chi connectivity index (χ2v) is 5.32. The van der Waals surface area contributed by atoms with E-state index in [2.05, 4.69) is 21.2 Å². The van der Waals surface area contributed by atoms with Crippen molar-refractivity contribution in [2.45, 2.75) is 26.4 Å². The predicted molar refractivity (Wildman–Crippen MR) is 75.4 cm³/mol. The molecule has 5 heteroatoms. The summed E-state index contributed by atoms with van der Waals surface area (Å²) in [5, 5.41) is 3.17. The molecule has 1 atom stereocenters. The zero-order chi connectivity index (χ0) is 13.7. The highest BCUT2D eigenvalue weighted by Crippen LogP contribution is 2.23. The summed E-state index contributed by atoms with van der Waals surface area (Å²) in [5.74, 6) is 0.634. The minimum atomic E-state index is -0.324. The Balaban J connectivity index is 2.70. The molecule has 4 nitrogen and oxygen atoms in total. The number of hydrogen-bond donors (Lipinski definition) is 2. The molecule has 1 aromatic rings. The first-order valence-corrected chi connectivity index (χ1v) is 6.60. The molecule has 0 radical (unpaired) electrons. The lowest BCUT2D eigenvalue weighted by molar-refractivity contribution is -0.121. The van der Waals surface area contributed by atoms with Crippen molar-refractivity contribution in [2.24, 2.45) is 11.7 Å². The Labute approximate surface area is 116 Å². The summed E-state index contributed by atoms with van der Waals surface area (Å²) in [6.07, 6.45) is 0. The van der Waals surface area contributed by atoms with Gasteiger partial charge in [0.05, 0.1) is 13.2 Å². The molecule has 0 aromatic heterocycles. The maximum absolute atomic E-state index is 11.3. The van der Waals surface area contributed by atoms with Gasteiger partial charge in [0.25, 0.3) is 0 Å². The van der Waals surface area contributed by atoms with Gasteiger partial charge in [-0.2, -0.15) is 0 Å². The maximum atomic E-state index is 11.3. The van der Waals surface area contributed by atoms with E-state index in [4.69, 9.17) is 10.5 Å². The van der Waals surface area contributed by atoms with Gasteiger partial charge in [-0.15, -0.1) is 0 Å². The molecule has 100 valence electrons. The number of nitrogens with one attached hydrogen (secondary N) is 1. The summed E-state index contributed by atoms with van der Waals surface area (Å²) in [5.41, 5.74) is 6.41. The highest BCUT2D eigenvalue weighted by Gasteiger charge is 2.18. The van der Waals surface area contributed by atoms with Crippen molar-refractivity contribution in [1.29, 1.82) is 0 Å². The Hall–Kier alpha value is -1.07. The van der Waals surface area contributed by atoms with Crippen LogP contribution >= 0.6 is 15.9 Å². The number of benzene rings is 1. The van der Waals surface area contributed by atoms with E-state index in [0.717, 1.165) is 15.8 Å². The van der Waals surface area contributed by atoms with Crippen LogP contribution in [-0.2, 0) is 11.3 Å². The van der Waals surface area contributed by atoms with Gasteiger partial charge in [-0.05, 0) is 23.6 Å². The third-order valence-corrected chi connectivity index (χ3v) is 3.48. The number of methoxy groups -OCH3 is 1. The van der Waals surface area contributed by atoms with Crippen molar-refractivity contribution < 1.29 is 9.53 Å². The fraction of sp³-hybridized carbons (Fsp3) is 0.462. The summed E-state index contributed by atoms with van der Waals surface area (Å²) in [7, 11) is 1.63. The minimum absolute atomic E-state index is 0.166. The van der Waals surface area contributed by atoms with Crippen molar-refractivity contribution in [3.63, 3.8) is 0 Å². The van der Waals surface area contributed by atoms with Gasteiger partial charge in [0, 0.05) is 11.0 Å². The summed E-state index contributed by atoms with van der Waals surface area (Å²) < 4.78 is 6.07. The second kappa shape index (κ2) is 6.75. The number of carbonyl (C=O) groups is 1. The van der Waals surface area contributed by atoms with E-state index in [-0.39, 0.29) is 17.9 Å². The fourth-order valence-electron chi connectivity index (χ4n) is 1.68. The molecule has 1 rings (SSSR count). The number of ether oxygens (including phenoxy) is 1. The predicted octanol–water partition coefficient (Wildman–Crippen LogP) is 2.06. The molecule has 0 saturated heterocycles. The molecule has 18 heavy (non-hydrogen) atoms. The van der Waals surface area contributed by atoms with Gasteiger partial charge in [-0.1, -0.05) is 35.8 Å². The smallest absolute Gasteiger partial charge is 0.234 e. The van der Waals surface area contributed by atoms with E-state index in [0.29, 0.717) is 6.54 Å². The zero-order valence-electron chi connectivity index (χ0n) is 10.9. The Bertz CT molecular complexity index is 421. The van der Waals surface area contributed by atoms with E-state index in [1.165, 1.54) is 0 Å². The van der Waals surface area contributed by atoms with Crippen LogP contribution in [0.25, 0.3) is 0 Å². The lowest BCUT2D eigenvalue weighted by atomic mass is 10.0. The van der Waals surface area contributed by atoms with Crippen LogP contribution in [0.1, 0.15) is 19.4 Å². The van der Waals surface area contributed by atoms with Crippen LogP contribution in [0.5, 0.6) is 5.75 Å². The molecule has 0 aliphatic carbocycles. The molecule has 0 saturated carbocycles. The Morgan fingerprint density at radius 3 is 2.61 bits per heavy atom. The van der Waals surface area contributed by atoms with Crippen LogP contribution in [0.15, 0.2) is 22.7 Å². The van der Waals surface area contributed by atoms with E-state index in [1.807, 2.05) is 32.0 Å². The quantitative estimate of drug-likeness (QED) is 0.844. The number of nitrogens with two attached hydrogens (primary N) is 1. The van der Waals surface area contributed by atoms with Gasteiger partial charge < -0.3 is 15.8 Å². The number of amides is 1. The highest BCUT2D eigenvalue weighted by molar-refractivity contribution is 9.10. The number of hydrogen-bond acceptors (Lipinski definition) is 3. The van der Waals surface area contributed by atoms with Crippen molar-refractivity contribution >= 4 is 21.8 Å². The molecule has 1 unspecified atom stereocenters. The normalized spacial score (nSPS) is 12.5. The van der Waals surface area contributed by atoms with Crippen LogP contribution in [0.3, 0.4) is 0 Å². The van der Waals surface area contributed by atoms with Crippen LogP contribution in [0, 0.1) is 5.92 Å². The van der Waals surface area contributed by atoms with Gasteiger partial charge >= 0.3 is 0 Å². The fourth-order valence-corrected chi connectivity index (χ4v) is 2.18. The van der Waals surface area contributed by atoms with E-state index in [9.17, 15) is 4.79 Å². The summed E-state index contributed by atoms with van der Waals surface area (Å²) in [6.45, 7) is 4.51. The molecule has 1 amide bonds. The first-order valence-electron chi connectivity index (χ1n) is 5.80. The summed E-state index contributed by atoms with van der Waals surface area (Å²) in [6, 6.07) is 5.41. The lowest BCUT2D eigenvalue weighted by Crippen LogP contribution is -2.44. The third-order valence-electron chi connectivity index (χ3n) is 2.75. The first-order chi connectivity index (χ1) is 8.45. The molecular weight excluding hydrogens is 296 g/mol. The Morgan fingerprint density at radius 2 is 2.17 bits per heavy atom. The largest absolute Gasteiger partial charge is 0.497 e. The van der Waals surface area contributed by atoms with Gasteiger partial charge in [0.1, 0.15) is 5.75 Å². The average molecular weight is 315 g/mol. The van der Waals surface area contributed by atoms with Crippen molar-refractivity contribution in [2.75, 3.05) is 7.11 Å². The van der Waals surface area contributed by atoms with Crippen molar-refractivity contribution in [3.05, 3.63) is 28.2 Å². The maximum Gasteiger partial charge on any atom is 0.234 e. The Morgan fingerprint density at radius 1 is 1.50 bits per heavy atom. The number of halogens is 1. The SMILES string of the molecule is COc1ccc(CNC(C(N)=O)C(C)C)c(Br)c1. The number of carbonyl (C=O) groups excluding carboxylic acids is 1. The molecule has 3 N–H and O–H groups in total. The van der Waals surface area contributed by atoms with E-state index in [1.54, 1.807) is 7.11 Å². The van der Waals surface area contributed by atoms with E-state index < -0.39 is 0 Å². The van der Waals surface area contributed by atoms with E-state index >= 15 is 0 Å². The standard InChI is InChI=1S/C13H19BrN2O2/c1-8(2)12(13(15)17)16-7-9-4-5-10(18-3)6-11(9)14/h4-6,8,12,16H,7H2,1-3H3,(H2,15,17).